The zero-order valence-corrected chi connectivity index (χ0v) is 15.8. The summed E-state index contributed by atoms with van der Waals surface area (Å²) >= 11 is 0. The topological polar surface area (TPSA) is 139 Å². The molecule has 7 rings (SSSR count). The van der Waals surface area contributed by atoms with Crippen LogP contribution in [-0.4, -0.2) is 42.3 Å². The summed E-state index contributed by atoms with van der Waals surface area (Å²) in [4.78, 5) is 32.0. The van der Waals surface area contributed by atoms with E-state index < -0.39 is 17.4 Å². The number of carbonyl (C=O) groups excluding carboxylic acids is 2. The molecule has 4 aliphatic carbocycles. The van der Waals surface area contributed by atoms with Gasteiger partial charge < -0.3 is 16.2 Å². The average molecular weight is 394 g/mol. The van der Waals surface area contributed by atoms with Gasteiger partial charge in [0.2, 0.25) is 0 Å². The Kier molecular flexibility index (Phi) is 3.25. The molecule has 150 valence electrons. The Labute approximate surface area is 165 Å². The third-order valence-corrected chi connectivity index (χ3v) is 7.20. The van der Waals surface area contributed by atoms with Crippen LogP contribution in [0.15, 0.2) is 18.5 Å². The molecule has 3 aromatic rings. The summed E-state index contributed by atoms with van der Waals surface area (Å²) in [7, 11) is 0. The van der Waals surface area contributed by atoms with Crippen molar-refractivity contribution in [1.82, 2.24) is 19.7 Å². The van der Waals surface area contributed by atoms with Crippen molar-refractivity contribution < 1.29 is 14.7 Å². The van der Waals surface area contributed by atoms with E-state index >= 15 is 0 Å². The maximum Gasteiger partial charge on any atom is 0.314 e. The lowest BCUT2D eigenvalue weighted by atomic mass is 9.52. The molecule has 3 heterocycles. The van der Waals surface area contributed by atoms with Gasteiger partial charge in [0, 0.05) is 17.8 Å². The van der Waals surface area contributed by atoms with Gasteiger partial charge in [-0.3, -0.25) is 19.4 Å². The number of fused-ring (bicyclic) bond motifs is 3. The van der Waals surface area contributed by atoms with Gasteiger partial charge in [0.1, 0.15) is 5.82 Å². The zero-order chi connectivity index (χ0) is 19.9. The summed E-state index contributed by atoms with van der Waals surface area (Å²) in [5, 5.41) is 18.5. The van der Waals surface area contributed by atoms with Crippen LogP contribution in [0.5, 0.6) is 0 Å². The molecule has 2 amide bonds. The van der Waals surface area contributed by atoms with Crippen molar-refractivity contribution in [1.29, 1.82) is 0 Å². The van der Waals surface area contributed by atoms with Crippen molar-refractivity contribution >= 4 is 39.6 Å². The average Bonchev–Trinajstić information content (AvgIpc) is 3.24. The highest BCUT2D eigenvalue weighted by atomic mass is 16.3. The fourth-order valence-electron chi connectivity index (χ4n) is 6.50. The first-order chi connectivity index (χ1) is 13.9. The zero-order valence-electron chi connectivity index (χ0n) is 15.8. The Balaban J connectivity index is 1.54. The van der Waals surface area contributed by atoms with E-state index in [0.29, 0.717) is 34.6 Å². The molecule has 0 saturated heterocycles. The van der Waals surface area contributed by atoms with Crippen LogP contribution in [0.3, 0.4) is 0 Å². The number of hydrogen-bond donors (Lipinski definition) is 4. The summed E-state index contributed by atoms with van der Waals surface area (Å²) in [5.41, 5.74) is 6.16. The standard InChI is InChI=1S/C20H22N6O3/c21-16(27)19(28)24-18-13-8-23-17-12(1-2-22-17)15(13)26(25-18)14-10-3-9-4-11(14)7-20(29,5-9)6-10/h1-2,8-11,14,25,29H,3-7H2,(H2,21,27)(H,24,28)/t9?,10-,11+,14?,20?. The molecule has 3 unspecified atom stereocenters. The quantitative estimate of drug-likeness (QED) is 0.487. The number of H-pyrrole nitrogens is 1. The van der Waals surface area contributed by atoms with Crippen LogP contribution >= 0.6 is 0 Å². The maximum atomic E-state index is 12.0. The number of aliphatic hydroxyl groups is 1. The normalized spacial score (nSPS) is 32.9. The van der Waals surface area contributed by atoms with Crippen molar-refractivity contribution in [2.75, 3.05) is 5.32 Å². The van der Waals surface area contributed by atoms with E-state index in [1.165, 1.54) is 0 Å². The summed E-state index contributed by atoms with van der Waals surface area (Å²) < 4.78 is 2.12. The number of pyridine rings is 1. The van der Waals surface area contributed by atoms with E-state index in [0.717, 1.165) is 43.0 Å². The lowest BCUT2D eigenvalue weighted by Crippen LogP contribution is -2.55. The summed E-state index contributed by atoms with van der Waals surface area (Å²) in [6.07, 6.45) is 8.11. The molecule has 9 heteroatoms. The maximum absolute atomic E-state index is 12.0. The van der Waals surface area contributed by atoms with Crippen LogP contribution in [0.25, 0.3) is 21.9 Å². The number of anilines is 1. The van der Waals surface area contributed by atoms with Gasteiger partial charge in [-0.15, -0.1) is 0 Å². The number of amides is 2. The monoisotopic (exact) mass is 394 g/mol. The first-order valence-corrected chi connectivity index (χ1v) is 10.1. The fraction of sp³-hybridized carbons (Fsp3) is 0.500. The molecule has 9 nitrogen and oxygen atoms in total. The number of nitrogens with two attached hydrogens (primary N) is 1. The van der Waals surface area contributed by atoms with Crippen LogP contribution in [-0.2, 0) is 9.59 Å². The van der Waals surface area contributed by atoms with Gasteiger partial charge >= 0.3 is 11.8 Å². The molecule has 0 aromatic carbocycles. The number of primary amides is 1. The predicted octanol–water partition coefficient (Wildman–Crippen LogP) is 1.45. The Morgan fingerprint density at radius 2 is 1.97 bits per heavy atom. The first kappa shape index (κ1) is 17.0. The molecule has 0 aliphatic heterocycles. The molecule has 29 heavy (non-hydrogen) atoms. The van der Waals surface area contributed by atoms with Gasteiger partial charge in [0.25, 0.3) is 0 Å². The van der Waals surface area contributed by atoms with Crippen LogP contribution in [0.1, 0.15) is 38.1 Å². The molecule has 0 radical (unpaired) electrons. The number of rotatable bonds is 2. The lowest BCUT2D eigenvalue weighted by molar-refractivity contribution is -0.148. The summed E-state index contributed by atoms with van der Waals surface area (Å²) in [6.45, 7) is 0. The highest BCUT2D eigenvalue weighted by Gasteiger charge is 2.55. The number of aromatic amines is 1. The van der Waals surface area contributed by atoms with E-state index in [-0.39, 0.29) is 6.04 Å². The van der Waals surface area contributed by atoms with Crippen molar-refractivity contribution in [2.45, 2.75) is 43.7 Å². The van der Waals surface area contributed by atoms with Gasteiger partial charge in [-0.1, -0.05) is 0 Å². The second-order valence-corrected chi connectivity index (χ2v) is 9.06. The molecule has 4 bridgehead atoms. The summed E-state index contributed by atoms with van der Waals surface area (Å²) in [6, 6.07) is 2.10. The van der Waals surface area contributed by atoms with E-state index in [2.05, 4.69) is 25.1 Å². The van der Waals surface area contributed by atoms with Crippen LogP contribution in [0.2, 0.25) is 0 Å². The molecular weight excluding hydrogens is 372 g/mol. The third kappa shape index (κ3) is 2.37. The van der Waals surface area contributed by atoms with Crippen molar-refractivity contribution in [2.24, 2.45) is 23.5 Å². The molecule has 4 aliphatic rings. The van der Waals surface area contributed by atoms with Crippen molar-refractivity contribution in [3.05, 3.63) is 18.5 Å². The number of aromatic nitrogens is 4. The second-order valence-electron chi connectivity index (χ2n) is 9.06. The van der Waals surface area contributed by atoms with Crippen LogP contribution < -0.4 is 11.1 Å². The van der Waals surface area contributed by atoms with E-state index in [1.54, 1.807) is 12.4 Å². The van der Waals surface area contributed by atoms with E-state index in [1.807, 2.05) is 6.07 Å². The minimum Gasteiger partial charge on any atom is -0.390 e. The van der Waals surface area contributed by atoms with E-state index in [4.69, 9.17) is 5.73 Å². The van der Waals surface area contributed by atoms with Crippen molar-refractivity contribution in [3.8, 4) is 0 Å². The van der Waals surface area contributed by atoms with Gasteiger partial charge in [0.15, 0.2) is 5.65 Å². The van der Waals surface area contributed by atoms with Gasteiger partial charge in [0.05, 0.1) is 22.5 Å². The third-order valence-electron chi connectivity index (χ3n) is 7.20. The SMILES string of the molecule is NC(=O)C(=O)Nc1[nH]n(C2[C@@H]3CC4C[C@H]2CC(O)(C4)C3)c2c1cnc1nccc12. The molecule has 5 atom stereocenters. The summed E-state index contributed by atoms with van der Waals surface area (Å²) in [5.74, 6) is -0.188. The molecule has 4 fully saturated rings. The highest BCUT2D eigenvalue weighted by Crippen LogP contribution is 2.60. The van der Waals surface area contributed by atoms with E-state index in [9.17, 15) is 14.7 Å². The Morgan fingerprint density at radius 1 is 1.21 bits per heavy atom. The Hall–Kier alpha value is -2.94. The fourth-order valence-corrected chi connectivity index (χ4v) is 6.50. The first-order valence-electron chi connectivity index (χ1n) is 10.1. The second kappa shape index (κ2) is 5.56. The number of nitrogens with one attached hydrogen (secondary N) is 2. The number of hydrogen-bond acceptors (Lipinski definition) is 5. The molecule has 4 saturated carbocycles. The van der Waals surface area contributed by atoms with Crippen molar-refractivity contribution in [3.63, 3.8) is 0 Å². The molecular formula is C20H22N6O3. The Morgan fingerprint density at radius 3 is 2.66 bits per heavy atom. The molecule has 0 spiro atoms. The molecule has 3 aromatic heterocycles. The van der Waals surface area contributed by atoms with Crippen LogP contribution in [0, 0.1) is 17.8 Å². The Bertz CT molecular complexity index is 1160. The number of nitrogens with zero attached hydrogens (tertiary/aromatic N) is 3. The largest absolute Gasteiger partial charge is 0.390 e. The minimum absolute atomic E-state index is 0.189. The predicted molar refractivity (Wildman–Crippen MR) is 105 cm³/mol. The van der Waals surface area contributed by atoms with Crippen LogP contribution in [0.4, 0.5) is 5.82 Å². The minimum atomic E-state index is -1.04. The number of carbonyl (C=O) groups is 2. The lowest BCUT2D eigenvalue weighted by Gasteiger charge is -2.58. The molecule has 5 N–H and O–H groups in total. The van der Waals surface area contributed by atoms with Gasteiger partial charge in [-0.05, 0) is 55.9 Å². The smallest absolute Gasteiger partial charge is 0.314 e. The highest BCUT2D eigenvalue weighted by molar-refractivity contribution is 6.39. The van der Waals surface area contributed by atoms with Gasteiger partial charge in [-0.2, -0.15) is 0 Å². The van der Waals surface area contributed by atoms with Gasteiger partial charge in [-0.25, -0.2) is 9.97 Å².